The van der Waals surface area contributed by atoms with Crippen molar-refractivity contribution in [2.24, 2.45) is 0 Å². The molecule has 0 saturated carbocycles. The van der Waals surface area contributed by atoms with Crippen molar-refractivity contribution in [2.45, 2.75) is 6.54 Å². The first kappa shape index (κ1) is 27.8. The molecule has 2 amide bonds. The molecule has 0 spiro atoms. The van der Waals surface area contributed by atoms with Gasteiger partial charge in [-0.2, -0.15) is 5.10 Å². The van der Waals surface area contributed by atoms with Crippen LogP contribution in [-0.4, -0.2) is 42.3 Å². The van der Waals surface area contributed by atoms with Gasteiger partial charge in [-0.3, -0.25) is 4.68 Å². The molecule has 0 unspecified atom stereocenters. The number of rotatable bonds is 6. The topological polar surface area (TPSA) is 176 Å². The molecule has 2 aromatic carbocycles. The van der Waals surface area contributed by atoms with E-state index in [2.05, 4.69) is 20.7 Å². The number of hydrogen-bond acceptors (Lipinski definition) is 7. The minimum Gasteiger partial charge on any atom is -0.394 e. The fourth-order valence-electron chi connectivity index (χ4n) is 3.81. The van der Waals surface area contributed by atoms with Gasteiger partial charge in [-0.05, 0) is 41.3 Å². The molecular weight excluding hydrogens is 546 g/mol. The average molecular weight is 570 g/mol. The second-order valence-corrected chi connectivity index (χ2v) is 9.43. The van der Waals surface area contributed by atoms with Crippen LogP contribution < -0.4 is 16.4 Å². The van der Waals surface area contributed by atoms with Gasteiger partial charge in [0.05, 0.1) is 19.3 Å². The Bertz CT molecular complexity index is 1620. The number of aliphatic hydroxyl groups excluding tert-OH is 1. The van der Waals surface area contributed by atoms with Gasteiger partial charge >= 0.3 is 14.3 Å². The zero-order valence-electron chi connectivity index (χ0n) is 20.2. The average Bonchev–Trinajstić information content (AvgIpc) is 3.53. The highest BCUT2D eigenvalue weighted by atomic mass is 32.1. The number of aliphatic hydroxyl groups is 1. The Morgan fingerprint density at radius 1 is 1.05 bits per heavy atom. The van der Waals surface area contributed by atoms with Crippen LogP contribution in [0.2, 0.25) is 0 Å². The van der Waals surface area contributed by atoms with E-state index in [0.717, 1.165) is 32.3 Å². The molecule has 5 aromatic rings. The van der Waals surface area contributed by atoms with E-state index in [1.54, 1.807) is 46.6 Å². The van der Waals surface area contributed by atoms with Gasteiger partial charge < -0.3 is 21.5 Å². The summed E-state index contributed by atoms with van der Waals surface area (Å²) in [6, 6.07) is 12.6. The minimum atomic E-state index is -2.87. The van der Waals surface area contributed by atoms with Crippen molar-refractivity contribution in [2.75, 3.05) is 23.0 Å². The maximum Gasteiger partial charge on any atom is 0.692 e. The normalized spacial score (nSPS) is 10.6. The number of carbonyl (C=O) groups is 1. The van der Waals surface area contributed by atoms with Crippen molar-refractivity contribution >= 4 is 52.9 Å². The van der Waals surface area contributed by atoms with E-state index >= 15 is 0 Å². The molecular formula is C25H23FN6O5PS+. The lowest BCUT2D eigenvalue weighted by molar-refractivity contribution is 0.262. The summed E-state index contributed by atoms with van der Waals surface area (Å²) in [5, 5.41) is 21.7. The van der Waals surface area contributed by atoms with E-state index < -0.39 is 20.1 Å². The lowest BCUT2D eigenvalue weighted by Gasteiger charge is -2.09. The number of amides is 2. The summed E-state index contributed by atoms with van der Waals surface area (Å²) in [6.45, 7) is 0.429. The number of aromatic nitrogens is 3. The molecule has 7 N–H and O–H groups in total. The van der Waals surface area contributed by atoms with Gasteiger partial charge in [0.25, 0.3) is 0 Å². The van der Waals surface area contributed by atoms with Crippen molar-refractivity contribution in [3.63, 3.8) is 0 Å². The summed E-state index contributed by atoms with van der Waals surface area (Å²) < 4.78 is 24.7. The Kier molecular flexibility index (Phi) is 8.92. The molecule has 0 aliphatic rings. The van der Waals surface area contributed by atoms with Crippen molar-refractivity contribution in [1.29, 1.82) is 0 Å². The van der Waals surface area contributed by atoms with E-state index in [9.17, 15) is 9.18 Å². The highest BCUT2D eigenvalue weighted by Gasteiger charge is 2.16. The van der Waals surface area contributed by atoms with Gasteiger partial charge in [0, 0.05) is 55.1 Å². The number of nitrogens with two attached hydrogens (primary N) is 1. The third-order valence-electron chi connectivity index (χ3n) is 5.43. The van der Waals surface area contributed by atoms with E-state index in [4.69, 9.17) is 25.2 Å². The van der Waals surface area contributed by atoms with Crippen LogP contribution in [0.25, 0.3) is 32.3 Å². The lowest BCUT2D eigenvalue weighted by atomic mass is 10.0. The molecule has 3 aromatic heterocycles. The molecule has 11 nitrogen and oxygen atoms in total. The molecule has 5 rings (SSSR count). The summed E-state index contributed by atoms with van der Waals surface area (Å²) in [5.74, 6) is 0.00507. The summed E-state index contributed by atoms with van der Waals surface area (Å²) in [6.07, 6.45) is 5.36. The number of pyridine rings is 1. The van der Waals surface area contributed by atoms with E-state index in [1.807, 2.05) is 23.7 Å². The molecule has 0 bridgehead atoms. The number of anilines is 3. The van der Waals surface area contributed by atoms with Crippen LogP contribution in [0, 0.1) is 5.82 Å². The van der Waals surface area contributed by atoms with Crippen LogP contribution in [0.5, 0.6) is 0 Å². The van der Waals surface area contributed by atoms with E-state index in [-0.39, 0.29) is 6.61 Å². The van der Waals surface area contributed by atoms with Crippen molar-refractivity contribution in [3.05, 3.63) is 78.3 Å². The molecule has 0 aliphatic carbocycles. The first-order valence-corrected chi connectivity index (χ1v) is 13.4. The van der Waals surface area contributed by atoms with Crippen LogP contribution >= 0.6 is 19.6 Å². The van der Waals surface area contributed by atoms with Crippen molar-refractivity contribution in [1.82, 2.24) is 14.8 Å². The quantitative estimate of drug-likeness (QED) is 0.158. The molecule has 200 valence electrons. The van der Waals surface area contributed by atoms with Gasteiger partial charge in [-0.1, -0.05) is 18.2 Å². The minimum absolute atomic E-state index is 0.0109. The van der Waals surface area contributed by atoms with E-state index in [0.29, 0.717) is 23.7 Å². The third kappa shape index (κ3) is 6.99. The van der Waals surface area contributed by atoms with Crippen LogP contribution in [0.3, 0.4) is 0 Å². The number of nitrogens with zero attached hydrogens (tertiary/aromatic N) is 3. The molecule has 0 aliphatic heterocycles. The van der Waals surface area contributed by atoms with Gasteiger partial charge in [0.2, 0.25) is 0 Å². The first-order valence-electron chi connectivity index (χ1n) is 11.3. The summed E-state index contributed by atoms with van der Waals surface area (Å²) >= 11 is 1.57. The first-order chi connectivity index (χ1) is 18.7. The van der Waals surface area contributed by atoms with Gasteiger partial charge in [-0.25, -0.2) is 14.2 Å². The molecule has 0 fully saturated rings. The smallest absolute Gasteiger partial charge is 0.394 e. The fourth-order valence-corrected chi connectivity index (χ4v) is 4.93. The second kappa shape index (κ2) is 12.5. The number of urea groups is 1. The standard InChI is InChI=1S/C25H21FN6O2S.HO3P/c26-17-2-1-3-19(10-17)31-25(34)30-18-6-4-15(5-7-18)21-14-35-23-20(12-28-24(27)22(21)23)16-11-29-32(13-16)8-9-33;1-4(2)3/h1-7,10-14,33H,8-9H2,(H2,27,28)(H2,30,31,34);(H-,1,2,3)/p+1. The van der Waals surface area contributed by atoms with Crippen LogP contribution in [0.1, 0.15) is 0 Å². The molecule has 0 atom stereocenters. The number of halogens is 1. The number of thiophene rings is 1. The SMILES string of the molecule is Nc1ncc(-c2cnn(CCO)c2)c2scc(-c3ccc(NC(=O)Nc4cccc(F)c4)cc3)c12.O=[P+](O)O. The monoisotopic (exact) mass is 569 g/mol. The maximum atomic E-state index is 13.3. The summed E-state index contributed by atoms with van der Waals surface area (Å²) in [7, 11) is -2.87. The number of nitrogen functional groups attached to an aromatic ring is 1. The highest BCUT2D eigenvalue weighted by Crippen LogP contribution is 2.41. The third-order valence-corrected chi connectivity index (χ3v) is 6.45. The fraction of sp³-hybridized carbons (Fsp3) is 0.0800. The maximum absolute atomic E-state index is 13.3. The number of benzene rings is 2. The Balaban J connectivity index is 0.000000826. The highest BCUT2D eigenvalue weighted by molar-refractivity contribution is 7.30. The molecule has 0 radical (unpaired) electrons. The van der Waals surface area contributed by atoms with E-state index in [1.165, 1.54) is 18.2 Å². The zero-order valence-corrected chi connectivity index (χ0v) is 21.9. The largest absolute Gasteiger partial charge is 0.692 e. The van der Waals surface area contributed by atoms with Gasteiger partial charge in [-0.15, -0.1) is 21.1 Å². The van der Waals surface area contributed by atoms with Crippen molar-refractivity contribution < 1.29 is 28.6 Å². The summed E-state index contributed by atoms with van der Waals surface area (Å²) in [5.41, 5.74) is 10.9. The van der Waals surface area contributed by atoms with Crippen LogP contribution in [0.15, 0.2) is 72.5 Å². The molecule has 0 saturated heterocycles. The summed E-state index contributed by atoms with van der Waals surface area (Å²) in [4.78, 5) is 30.9. The van der Waals surface area contributed by atoms with Crippen LogP contribution in [0.4, 0.5) is 26.4 Å². The lowest BCUT2D eigenvalue weighted by Crippen LogP contribution is -2.19. The molecule has 14 heteroatoms. The predicted molar refractivity (Wildman–Crippen MR) is 149 cm³/mol. The Morgan fingerprint density at radius 3 is 2.46 bits per heavy atom. The number of nitrogens with one attached hydrogen (secondary N) is 2. The Labute approximate surface area is 226 Å². The van der Waals surface area contributed by atoms with Crippen molar-refractivity contribution in [3.8, 4) is 22.3 Å². The molecule has 39 heavy (non-hydrogen) atoms. The Morgan fingerprint density at radius 2 is 1.77 bits per heavy atom. The molecule has 3 heterocycles. The Hall–Kier alpha value is -4.26. The predicted octanol–water partition coefficient (Wildman–Crippen LogP) is 4.81. The van der Waals surface area contributed by atoms with Crippen LogP contribution in [-0.2, 0) is 11.1 Å². The number of hydrogen-bond donors (Lipinski definition) is 6. The zero-order chi connectivity index (χ0) is 27.9. The number of fused-ring (bicyclic) bond motifs is 1. The number of carbonyl (C=O) groups excluding carboxylic acids is 1. The van der Waals surface area contributed by atoms with Gasteiger partial charge in [0.15, 0.2) is 0 Å². The van der Waals surface area contributed by atoms with Gasteiger partial charge in [0.1, 0.15) is 11.6 Å². The second-order valence-electron chi connectivity index (χ2n) is 8.05.